The van der Waals surface area contributed by atoms with Crippen molar-refractivity contribution in [2.45, 2.75) is 19.3 Å². The molecule has 3 heteroatoms. The molecule has 1 aliphatic rings. The van der Waals surface area contributed by atoms with Crippen LogP contribution in [0.2, 0.25) is 0 Å². The minimum Gasteiger partial charge on any atom is -0.456 e. The maximum atomic E-state index is 6.58. The van der Waals surface area contributed by atoms with Crippen molar-refractivity contribution in [2.75, 3.05) is 4.90 Å². The molecular weight excluding hydrogens is 635 g/mol. The highest BCUT2D eigenvalue weighted by molar-refractivity contribution is 6.12. The van der Waals surface area contributed by atoms with Crippen LogP contribution in [0.3, 0.4) is 0 Å². The number of hydrogen-bond acceptors (Lipinski definition) is 3. The molecule has 2 heterocycles. The van der Waals surface area contributed by atoms with E-state index in [1.807, 2.05) is 18.2 Å². The summed E-state index contributed by atoms with van der Waals surface area (Å²) < 4.78 is 12.8. The lowest BCUT2D eigenvalue weighted by atomic mass is 9.82. The first-order valence-electron chi connectivity index (χ1n) is 17.9. The number of benzene rings is 8. The zero-order valence-corrected chi connectivity index (χ0v) is 28.9. The summed E-state index contributed by atoms with van der Waals surface area (Å²) in [4.78, 5) is 2.38. The molecule has 0 saturated heterocycles. The molecule has 8 aromatic carbocycles. The molecule has 0 saturated carbocycles. The zero-order chi connectivity index (χ0) is 34.6. The Kier molecular flexibility index (Phi) is 6.01. The lowest BCUT2D eigenvalue weighted by Gasteiger charge is -2.28. The number of anilines is 3. The first kappa shape index (κ1) is 29.2. The number of fused-ring (bicyclic) bond motifs is 11. The second kappa shape index (κ2) is 10.7. The topological polar surface area (TPSA) is 29.5 Å². The van der Waals surface area contributed by atoms with Crippen molar-refractivity contribution in [3.8, 4) is 22.3 Å². The summed E-state index contributed by atoms with van der Waals surface area (Å²) in [6, 6.07) is 58.9. The molecule has 1 aliphatic carbocycles. The van der Waals surface area contributed by atoms with Crippen molar-refractivity contribution >= 4 is 71.7 Å². The summed E-state index contributed by atoms with van der Waals surface area (Å²) in [5, 5.41) is 7.03. The highest BCUT2D eigenvalue weighted by Crippen LogP contribution is 2.54. The Hall–Kier alpha value is -6.58. The molecule has 246 valence electrons. The molecule has 0 bridgehead atoms. The highest BCUT2D eigenvalue weighted by atomic mass is 16.3. The fourth-order valence-corrected chi connectivity index (χ4v) is 8.60. The molecule has 0 aliphatic heterocycles. The van der Waals surface area contributed by atoms with Crippen LogP contribution in [0, 0.1) is 0 Å². The highest BCUT2D eigenvalue weighted by Gasteiger charge is 2.38. The van der Waals surface area contributed by atoms with Crippen molar-refractivity contribution in [3.63, 3.8) is 0 Å². The Morgan fingerprint density at radius 2 is 1.06 bits per heavy atom. The van der Waals surface area contributed by atoms with Gasteiger partial charge >= 0.3 is 0 Å². The average molecular weight is 668 g/mol. The standard InChI is InChI=1S/C49H33NO2/c1-49(2)42-25-24-39-37-11-5-8-14-45(37)52-48(39)47(42)40-23-21-36(29-43(40)49)50(35-22-26-46-41(28-35)38-12-6-7-13-44(38)51-46)34-19-17-31(18-20-34)33-16-15-30-9-3-4-10-32(30)27-33/h3-29H,1-2H3. The van der Waals surface area contributed by atoms with E-state index < -0.39 is 0 Å². The summed E-state index contributed by atoms with van der Waals surface area (Å²) in [6.45, 7) is 4.67. The van der Waals surface area contributed by atoms with Gasteiger partial charge in [0.15, 0.2) is 0 Å². The van der Waals surface area contributed by atoms with Crippen molar-refractivity contribution in [1.82, 2.24) is 0 Å². The Balaban J connectivity index is 1.09. The summed E-state index contributed by atoms with van der Waals surface area (Å²) in [5.74, 6) is 0. The number of rotatable bonds is 4. The van der Waals surface area contributed by atoms with Gasteiger partial charge in [-0.15, -0.1) is 0 Å². The van der Waals surface area contributed by atoms with Crippen molar-refractivity contribution < 1.29 is 8.83 Å². The van der Waals surface area contributed by atoms with Crippen molar-refractivity contribution in [1.29, 1.82) is 0 Å². The number of nitrogens with zero attached hydrogens (tertiary/aromatic N) is 1. The first-order valence-corrected chi connectivity index (χ1v) is 17.9. The van der Waals surface area contributed by atoms with Gasteiger partial charge in [0.1, 0.15) is 22.3 Å². The summed E-state index contributed by atoms with van der Waals surface area (Å²) in [5.41, 5.74) is 14.1. The molecule has 52 heavy (non-hydrogen) atoms. The average Bonchev–Trinajstić information content (AvgIpc) is 3.82. The van der Waals surface area contributed by atoms with Crippen LogP contribution in [0.5, 0.6) is 0 Å². The molecule has 0 spiro atoms. The van der Waals surface area contributed by atoms with Crippen LogP contribution in [-0.2, 0) is 5.41 Å². The van der Waals surface area contributed by atoms with Gasteiger partial charge in [-0.05, 0) is 99.3 Å². The quantitative estimate of drug-likeness (QED) is 0.187. The zero-order valence-electron chi connectivity index (χ0n) is 28.9. The van der Waals surface area contributed by atoms with Gasteiger partial charge in [-0.3, -0.25) is 0 Å². The van der Waals surface area contributed by atoms with E-state index in [1.54, 1.807) is 0 Å². The van der Waals surface area contributed by atoms with Gasteiger partial charge in [-0.25, -0.2) is 0 Å². The van der Waals surface area contributed by atoms with E-state index in [0.29, 0.717) is 0 Å². The molecule has 0 atom stereocenters. The molecular formula is C49H33NO2. The lowest BCUT2D eigenvalue weighted by Crippen LogP contribution is -2.16. The summed E-state index contributed by atoms with van der Waals surface area (Å²) in [7, 11) is 0. The van der Waals surface area contributed by atoms with E-state index in [4.69, 9.17) is 8.83 Å². The van der Waals surface area contributed by atoms with Gasteiger partial charge in [-0.2, -0.15) is 0 Å². The van der Waals surface area contributed by atoms with Gasteiger partial charge < -0.3 is 13.7 Å². The fraction of sp³-hybridized carbons (Fsp3) is 0.0612. The van der Waals surface area contributed by atoms with E-state index in [2.05, 4.69) is 164 Å². The van der Waals surface area contributed by atoms with Crippen LogP contribution in [0.15, 0.2) is 173 Å². The largest absolute Gasteiger partial charge is 0.456 e. The second-order valence-corrected chi connectivity index (χ2v) is 14.5. The normalized spacial score (nSPS) is 13.3. The maximum absolute atomic E-state index is 6.58. The Labute approximate surface area is 301 Å². The van der Waals surface area contributed by atoms with Crippen LogP contribution >= 0.6 is 0 Å². The van der Waals surface area contributed by atoms with Crippen LogP contribution in [0.25, 0.3) is 76.9 Å². The third kappa shape index (κ3) is 4.20. The smallest absolute Gasteiger partial charge is 0.143 e. The fourth-order valence-electron chi connectivity index (χ4n) is 8.60. The molecule has 0 fully saturated rings. The van der Waals surface area contributed by atoms with Gasteiger partial charge in [0.05, 0.1) is 0 Å². The van der Waals surface area contributed by atoms with Gasteiger partial charge in [0.25, 0.3) is 0 Å². The van der Waals surface area contributed by atoms with Crippen molar-refractivity contribution in [2.24, 2.45) is 0 Å². The van der Waals surface area contributed by atoms with Crippen molar-refractivity contribution in [3.05, 3.63) is 175 Å². The number of furan rings is 2. The molecule has 11 rings (SSSR count). The van der Waals surface area contributed by atoms with E-state index in [1.165, 1.54) is 44.2 Å². The summed E-state index contributed by atoms with van der Waals surface area (Å²) in [6.07, 6.45) is 0. The maximum Gasteiger partial charge on any atom is 0.143 e. The molecule has 10 aromatic rings. The third-order valence-electron chi connectivity index (χ3n) is 11.3. The molecule has 2 aromatic heterocycles. The minimum absolute atomic E-state index is 0.218. The van der Waals surface area contributed by atoms with E-state index >= 15 is 0 Å². The molecule has 0 unspecified atom stereocenters. The van der Waals surface area contributed by atoms with E-state index in [9.17, 15) is 0 Å². The number of para-hydroxylation sites is 2. The Morgan fingerprint density at radius 1 is 0.423 bits per heavy atom. The van der Waals surface area contributed by atoms with E-state index in [-0.39, 0.29) is 5.41 Å². The molecule has 0 N–H and O–H groups in total. The van der Waals surface area contributed by atoms with Gasteiger partial charge in [-0.1, -0.05) is 117 Å². The number of hydrogen-bond donors (Lipinski definition) is 0. The Morgan fingerprint density at radius 3 is 1.88 bits per heavy atom. The minimum atomic E-state index is -0.218. The SMILES string of the molecule is CC1(C)c2cc(N(c3ccc(-c4ccc5ccccc5c4)cc3)c3ccc4oc5ccccc5c4c3)ccc2-c2c1ccc1c2oc2ccccc21. The second-order valence-electron chi connectivity index (χ2n) is 14.5. The Bertz CT molecular complexity index is 3050. The molecule has 0 radical (unpaired) electrons. The monoisotopic (exact) mass is 667 g/mol. The van der Waals surface area contributed by atoms with Crippen LogP contribution in [0.4, 0.5) is 17.1 Å². The van der Waals surface area contributed by atoms with Crippen LogP contribution in [-0.4, -0.2) is 0 Å². The van der Waals surface area contributed by atoms with Gasteiger partial charge in [0.2, 0.25) is 0 Å². The van der Waals surface area contributed by atoms with Gasteiger partial charge in [0, 0.05) is 49.6 Å². The third-order valence-corrected chi connectivity index (χ3v) is 11.3. The first-order chi connectivity index (χ1) is 25.5. The van der Waals surface area contributed by atoms with E-state index in [0.717, 1.165) is 60.9 Å². The van der Waals surface area contributed by atoms with Crippen LogP contribution in [0.1, 0.15) is 25.0 Å². The van der Waals surface area contributed by atoms with Crippen LogP contribution < -0.4 is 4.90 Å². The predicted octanol–water partition coefficient (Wildman–Crippen LogP) is 14.1. The summed E-state index contributed by atoms with van der Waals surface area (Å²) >= 11 is 0. The predicted molar refractivity (Wildman–Crippen MR) is 216 cm³/mol. The molecule has 3 nitrogen and oxygen atoms in total. The molecule has 0 amide bonds. The lowest BCUT2D eigenvalue weighted by molar-refractivity contribution is 0.653.